The highest BCUT2D eigenvalue weighted by molar-refractivity contribution is 9.09. The number of esters is 1. The van der Waals surface area contributed by atoms with Crippen molar-refractivity contribution in [3.63, 3.8) is 0 Å². The highest BCUT2D eigenvalue weighted by atomic mass is 79.9. The van der Waals surface area contributed by atoms with Crippen molar-refractivity contribution < 1.29 is 9.53 Å². The van der Waals surface area contributed by atoms with Crippen LogP contribution in [0.3, 0.4) is 0 Å². The standard InChI is InChI=1S/C12H14BrNO2/c1-16-12(15)10-5-6-11(14)9(8-10)4-2-3-7-13/h2,4-6,8H,3,7,14H2,1H3. The van der Waals surface area contributed by atoms with Crippen LogP contribution in [0.5, 0.6) is 0 Å². The Labute approximate surface area is 103 Å². The number of nitrogens with two attached hydrogens (primary N) is 1. The molecule has 0 fully saturated rings. The van der Waals surface area contributed by atoms with Gasteiger partial charge in [-0.2, -0.15) is 0 Å². The molecule has 0 heterocycles. The van der Waals surface area contributed by atoms with E-state index in [2.05, 4.69) is 20.7 Å². The van der Waals surface area contributed by atoms with Gasteiger partial charge in [0.05, 0.1) is 12.7 Å². The van der Waals surface area contributed by atoms with Crippen molar-refractivity contribution in [2.45, 2.75) is 6.42 Å². The predicted octanol–water partition coefficient (Wildman–Crippen LogP) is 2.85. The first-order valence-corrected chi connectivity index (χ1v) is 6.01. The van der Waals surface area contributed by atoms with Crippen molar-refractivity contribution in [3.8, 4) is 0 Å². The Bertz CT molecular complexity index is 402. The van der Waals surface area contributed by atoms with Gasteiger partial charge in [-0.15, -0.1) is 0 Å². The van der Waals surface area contributed by atoms with Crippen molar-refractivity contribution >= 4 is 33.7 Å². The molecule has 0 saturated heterocycles. The molecular formula is C12H14BrNO2. The Balaban J connectivity index is 2.94. The highest BCUT2D eigenvalue weighted by Crippen LogP contribution is 2.16. The molecule has 0 unspecified atom stereocenters. The Morgan fingerprint density at radius 3 is 2.94 bits per heavy atom. The zero-order valence-corrected chi connectivity index (χ0v) is 10.7. The van der Waals surface area contributed by atoms with Crippen LogP contribution in [0.4, 0.5) is 5.69 Å². The molecule has 0 aliphatic heterocycles. The van der Waals surface area contributed by atoms with Gasteiger partial charge in [-0.25, -0.2) is 4.79 Å². The first kappa shape index (κ1) is 12.8. The van der Waals surface area contributed by atoms with E-state index in [-0.39, 0.29) is 5.97 Å². The number of anilines is 1. The molecule has 1 aromatic rings. The van der Waals surface area contributed by atoms with Crippen LogP contribution in [0.1, 0.15) is 22.3 Å². The lowest BCUT2D eigenvalue weighted by Crippen LogP contribution is -2.02. The van der Waals surface area contributed by atoms with Gasteiger partial charge in [0.2, 0.25) is 0 Å². The first-order chi connectivity index (χ1) is 7.69. The van der Waals surface area contributed by atoms with E-state index < -0.39 is 0 Å². The van der Waals surface area contributed by atoms with E-state index in [1.165, 1.54) is 7.11 Å². The van der Waals surface area contributed by atoms with Crippen LogP contribution in [-0.2, 0) is 4.74 Å². The lowest BCUT2D eigenvalue weighted by Gasteiger charge is -2.03. The van der Waals surface area contributed by atoms with E-state index in [1.54, 1.807) is 18.2 Å². The van der Waals surface area contributed by atoms with Crippen molar-refractivity contribution in [1.82, 2.24) is 0 Å². The van der Waals surface area contributed by atoms with Gasteiger partial charge in [-0.05, 0) is 30.2 Å². The number of alkyl halides is 1. The summed E-state index contributed by atoms with van der Waals surface area (Å²) in [5.74, 6) is -0.352. The minimum absolute atomic E-state index is 0.352. The van der Waals surface area contributed by atoms with E-state index in [4.69, 9.17) is 5.73 Å². The largest absolute Gasteiger partial charge is 0.465 e. The van der Waals surface area contributed by atoms with E-state index in [1.807, 2.05) is 12.2 Å². The lowest BCUT2D eigenvalue weighted by molar-refractivity contribution is 0.0601. The Morgan fingerprint density at radius 2 is 2.31 bits per heavy atom. The van der Waals surface area contributed by atoms with Crippen LogP contribution in [0.2, 0.25) is 0 Å². The minimum atomic E-state index is -0.352. The number of allylic oxidation sites excluding steroid dienone is 1. The summed E-state index contributed by atoms with van der Waals surface area (Å²) in [5.41, 5.74) is 7.80. The summed E-state index contributed by atoms with van der Waals surface area (Å²) in [6, 6.07) is 5.09. The SMILES string of the molecule is COC(=O)c1ccc(N)c(C=CCCBr)c1. The van der Waals surface area contributed by atoms with Crippen LogP contribution >= 0.6 is 15.9 Å². The zero-order valence-electron chi connectivity index (χ0n) is 9.07. The average molecular weight is 284 g/mol. The summed E-state index contributed by atoms with van der Waals surface area (Å²) in [6.45, 7) is 0. The average Bonchev–Trinajstić information content (AvgIpc) is 2.31. The normalized spacial score (nSPS) is 10.6. The predicted molar refractivity (Wildman–Crippen MR) is 69.6 cm³/mol. The smallest absolute Gasteiger partial charge is 0.337 e. The quantitative estimate of drug-likeness (QED) is 0.525. The Kier molecular flexibility index (Phi) is 5.05. The van der Waals surface area contributed by atoms with Gasteiger partial charge in [0.25, 0.3) is 0 Å². The number of carbonyl (C=O) groups excluding carboxylic acids is 1. The van der Waals surface area contributed by atoms with Gasteiger partial charge in [-0.1, -0.05) is 28.1 Å². The molecule has 0 aromatic heterocycles. The molecule has 2 N–H and O–H groups in total. The maximum Gasteiger partial charge on any atom is 0.337 e. The molecule has 0 spiro atoms. The molecule has 0 aliphatic rings. The van der Waals surface area contributed by atoms with Crippen molar-refractivity contribution in [2.75, 3.05) is 18.2 Å². The van der Waals surface area contributed by atoms with E-state index in [0.717, 1.165) is 17.3 Å². The van der Waals surface area contributed by atoms with E-state index >= 15 is 0 Å². The van der Waals surface area contributed by atoms with Gasteiger partial charge < -0.3 is 10.5 Å². The highest BCUT2D eigenvalue weighted by Gasteiger charge is 2.06. The molecule has 0 aliphatic carbocycles. The van der Waals surface area contributed by atoms with Crippen LogP contribution in [-0.4, -0.2) is 18.4 Å². The summed E-state index contributed by atoms with van der Waals surface area (Å²) in [7, 11) is 1.36. The maximum absolute atomic E-state index is 11.3. The summed E-state index contributed by atoms with van der Waals surface area (Å²) in [5, 5.41) is 0.903. The maximum atomic E-state index is 11.3. The fourth-order valence-electron chi connectivity index (χ4n) is 1.24. The van der Waals surface area contributed by atoms with Crippen LogP contribution < -0.4 is 5.73 Å². The van der Waals surface area contributed by atoms with Crippen LogP contribution in [0.25, 0.3) is 6.08 Å². The number of methoxy groups -OCH3 is 1. The van der Waals surface area contributed by atoms with Crippen LogP contribution in [0, 0.1) is 0 Å². The Hall–Kier alpha value is -1.29. The second kappa shape index (κ2) is 6.33. The molecule has 4 heteroatoms. The topological polar surface area (TPSA) is 52.3 Å². The van der Waals surface area contributed by atoms with Gasteiger partial charge in [-0.3, -0.25) is 0 Å². The number of benzene rings is 1. The molecule has 16 heavy (non-hydrogen) atoms. The lowest BCUT2D eigenvalue weighted by atomic mass is 10.1. The van der Waals surface area contributed by atoms with E-state index in [9.17, 15) is 4.79 Å². The molecule has 86 valence electrons. The molecule has 0 saturated carbocycles. The first-order valence-electron chi connectivity index (χ1n) is 4.89. The number of hydrogen-bond donors (Lipinski definition) is 1. The summed E-state index contributed by atoms with van der Waals surface area (Å²) >= 11 is 3.33. The zero-order chi connectivity index (χ0) is 12.0. The van der Waals surface area contributed by atoms with Gasteiger partial charge in [0.1, 0.15) is 0 Å². The second-order valence-electron chi connectivity index (χ2n) is 3.22. The molecule has 1 rings (SSSR count). The van der Waals surface area contributed by atoms with Gasteiger partial charge in [0, 0.05) is 11.0 Å². The number of ether oxygens (including phenoxy) is 1. The molecule has 0 amide bonds. The number of nitrogen functional groups attached to an aromatic ring is 1. The second-order valence-corrected chi connectivity index (χ2v) is 4.01. The minimum Gasteiger partial charge on any atom is -0.465 e. The summed E-state index contributed by atoms with van der Waals surface area (Å²) in [6.07, 6.45) is 4.83. The summed E-state index contributed by atoms with van der Waals surface area (Å²) in [4.78, 5) is 11.3. The van der Waals surface area contributed by atoms with Crippen molar-refractivity contribution in [2.24, 2.45) is 0 Å². The molecule has 0 radical (unpaired) electrons. The third-order valence-corrected chi connectivity index (χ3v) is 2.54. The third-order valence-electron chi connectivity index (χ3n) is 2.08. The molecule has 0 bridgehead atoms. The third kappa shape index (κ3) is 3.38. The van der Waals surface area contributed by atoms with Crippen molar-refractivity contribution in [3.05, 3.63) is 35.4 Å². The molecule has 3 nitrogen and oxygen atoms in total. The summed E-state index contributed by atoms with van der Waals surface area (Å²) < 4.78 is 4.65. The van der Waals surface area contributed by atoms with Crippen molar-refractivity contribution in [1.29, 1.82) is 0 Å². The van der Waals surface area contributed by atoms with E-state index in [0.29, 0.717) is 11.3 Å². The van der Waals surface area contributed by atoms with Gasteiger partial charge in [0.15, 0.2) is 0 Å². The fraction of sp³-hybridized carbons (Fsp3) is 0.250. The number of hydrogen-bond acceptors (Lipinski definition) is 3. The molecular weight excluding hydrogens is 270 g/mol. The monoisotopic (exact) mass is 283 g/mol. The van der Waals surface area contributed by atoms with Crippen LogP contribution in [0.15, 0.2) is 24.3 Å². The number of carbonyl (C=O) groups is 1. The van der Waals surface area contributed by atoms with Gasteiger partial charge >= 0.3 is 5.97 Å². The molecule has 1 aromatic carbocycles. The Morgan fingerprint density at radius 1 is 1.56 bits per heavy atom. The molecule has 0 atom stereocenters. The number of halogens is 1. The number of rotatable bonds is 4. The fourth-order valence-corrected chi connectivity index (χ4v) is 1.50.